The monoisotopic (exact) mass is 463 g/mol. The van der Waals surface area contributed by atoms with E-state index in [1.54, 1.807) is 18.3 Å². The Morgan fingerprint density at radius 3 is 2.58 bits per heavy atom. The van der Waals surface area contributed by atoms with Crippen molar-refractivity contribution in [3.8, 4) is 6.07 Å². The summed E-state index contributed by atoms with van der Waals surface area (Å²) in [6.45, 7) is 4.67. The summed E-state index contributed by atoms with van der Waals surface area (Å²) in [5.41, 5.74) is 1.80. The van der Waals surface area contributed by atoms with E-state index in [4.69, 9.17) is 5.26 Å². The number of amides is 1. The van der Waals surface area contributed by atoms with E-state index in [0.29, 0.717) is 24.3 Å². The Morgan fingerprint density at radius 1 is 1.12 bits per heavy atom. The lowest BCUT2D eigenvalue weighted by Gasteiger charge is -2.43. The van der Waals surface area contributed by atoms with Crippen LogP contribution >= 0.6 is 0 Å². The van der Waals surface area contributed by atoms with Crippen LogP contribution in [0, 0.1) is 11.3 Å². The quantitative estimate of drug-likeness (QED) is 0.624. The molecule has 4 rings (SSSR count). The van der Waals surface area contributed by atoms with Crippen molar-refractivity contribution in [1.29, 1.82) is 5.26 Å². The van der Waals surface area contributed by atoms with Crippen molar-refractivity contribution < 1.29 is 13.2 Å². The zero-order valence-electron chi connectivity index (χ0n) is 18.5. The smallest absolute Gasteiger partial charge is 0.243 e. The van der Waals surface area contributed by atoms with E-state index in [1.807, 2.05) is 55.1 Å². The predicted molar refractivity (Wildman–Crippen MR) is 126 cm³/mol. The second kappa shape index (κ2) is 9.27. The molecule has 0 saturated carbocycles. The maximum Gasteiger partial charge on any atom is 0.243 e. The van der Waals surface area contributed by atoms with E-state index in [-0.39, 0.29) is 29.4 Å². The summed E-state index contributed by atoms with van der Waals surface area (Å²) >= 11 is 0. The molecule has 0 radical (unpaired) electrons. The van der Waals surface area contributed by atoms with E-state index in [9.17, 15) is 13.2 Å². The summed E-state index contributed by atoms with van der Waals surface area (Å²) in [5.74, 6) is -0.163. The van der Waals surface area contributed by atoms with Gasteiger partial charge in [0.1, 0.15) is 0 Å². The summed E-state index contributed by atoms with van der Waals surface area (Å²) in [4.78, 5) is 19.2. The highest BCUT2D eigenvalue weighted by atomic mass is 32.2. The first kappa shape index (κ1) is 22.9. The molecular weight excluding hydrogens is 438 g/mol. The molecule has 33 heavy (non-hydrogen) atoms. The lowest BCUT2D eigenvalue weighted by molar-refractivity contribution is -0.118. The molecule has 0 aliphatic carbocycles. The number of nitriles is 1. The van der Waals surface area contributed by atoms with Gasteiger partial charge in [0, 0.05) is 36.8 Å². The SMILES string of the molecule is CC1CN(CC(=O)Nc2cccc3ncccc23)CC(C)N1S(=O)(=O)c1cccc(C#N)c1. The third kappa shape index (κ3) is 4.73. The Hall–Kier alpha value is -3.32. The number of fused-ring (bicyclic) bond motifs is 1. The van der Waals surface area contributed by atoms with Gasteiger partial charge in [0.15, 0.2) is 0 Å². The van der Waals surface area contributed by atoms with Crippen LogP contribution < -0.4 is 5.32 Å². The summed E-state index contributed by atoms with van der Waals surface area (Å²) in [5, 5.41) is 12.9. The van der Waals surface area contributed by atoms with Gasteiger partial charge in [-0.2, -0.15) is 9.57 Å². The molecule has 0 bridgehead atoms. The molecule has 2 heterocycles. The molecular formula is C24H25N5O3S. The van der Waals surface area contributed by atoms with Crippen LogP contribution in [0.25, 0.3) is 10.9 Å². The van der Waals surface area contributed by atoms with Crippen LogP contribution in [0.3, 0.4) is 0 Å². The standard InChI is InChI=1S/C24H25N5O3S/c1-17-14-28(16-24(30)27-23-10-4-9-22-21(23)8-5-11-26-22)15-18(2)29(17)33(31,32)20-7-3-6-19(12-20)13-25/h3-12,17-18H,14-16H2,1-2H3,(H,27,30). The first-order valence-electron chi connectivity index (χ1n) is 10.7. The van der Waals surface area contributed by atoms with Crippen molar-refractivity contribution in [3.05, 3.63) is 66.4 Å². The first-order chi connectivity index (χ1) is 15.8. The lowest BCUT2D eigenvalue weighted by Crippen LogP contribution is -2.59. The van der Waals surface area contributed by atoms with Crippen LogP contribution in [0.1, 0.15) is 19.4 Å². The first-order valence-corrected chi connectivity index (χ1v) is 12.1. The van der Waals surface area contributed by atoms with Gasteiger partial charge in [-0.3, -0.25) is 14.7 Å². The number of pyridine rings is 1. The number of sulfonamides is 1. The van der Waals surface area contributed by atoms with Crippen molar-refractivity contribution in [1.82, 2.24) is 14.2 Å². The van der Waals surface area contributed by atoms with Gasteiger partial charge in [-0.1, -0.05) is 12.1 Å². The third-order valence-electron chi connectivity index (χ3n) is 5.74. The van der Waals surface area contributed by atoms with Crippen molar-refractivity contribution in [2.24, 2.45) is 0 Å². The number of nitrogens with zero attached hydrogens (tertiary/aromatic N) is 4. The fraction of sp³-hybridized carbons (Fsp3) is 0.292. The summed E-state index contributed by atoms with van der Waals surface area (Å²) in [6, 6.07) is 16.7. The molecule has 170 valence electrons. The number of rotatable bonds is 5. The van der Waals surface area contributed by atoms with Gasteiger partial charge in [-0.15, -0.1) is 0 Å². The Labute approximate surface area is 193 Å². The molecule has 1 N–H and O–H groups in total. The van der Waals surface area contributed by atoms with Gasteiger partial charge in [-0.05, 0) is 56.3 Å². The molecule has 1 aliphatic heterocycles. The number of nitrogens with one attached hydrogen (secondary N) is 1. The molecule has 2 unspecified atom stereocenters. The summed E-state index contributed by atoms with van der Waals surface area (Å²) in [6.07, 6.45) is 1.71. The number of aromatic nitrogens is 1. The van der Waals surface area contributed by atoms with Gasteiger partial charge in [0.2, 0.25) is 15.9 Å². The number of piperazine rings is 1. The number of anilines is 1. The molecule has 1 fully saturated rings. The minimum atomic E-state index is -3.77. The minimum absolute atomic E-state index is 0.107. The van der Waals surface area contributed by atoms with Gasteiger partial charge < -0.3 is 5.32 Å². The molecule has 1 amide bonds. The highest BCUT2D eigenvalue weighted by Crippen LogP contribution is 2.26. The van der Waals surface area contributed by atoms with Crippen molar-refractivity contribution in [3.63, 3.8) is 0 Å². The van der Waals surface area contributed by atoms with Crippen LogP contribution in [0.15, 0.2) is 65.7 Å². The van der Waals surface area contributed by atoms with E-state index in [2.05, 4.69) is 10.3 Å². The highest BCUT2D eigenvalue weighted by molar-refractivity contribution is 7.89. The summed E-state index contributed by atoms with van der Waals surface area (Å²) < 4.78 is 28.0. The number of benzene rings is 2. The molecule has 3 aromatic rings. The largest absolute Gasteiger partial charge is 0.324 e. The molecule has 9 heteroatoms. The van der Waals surface area contributed by atoms with Crippen LogP contribution in [-0.2, 0) is 14.8 Å². The number of hydrogen-bond donors (Lipinski definition) is 1. The number of carbonyl (C=O) groups excluding carboxylic acids is 1. The van der Waals surface area contributed by atoms with Crippen molar-refractivity contribution in [2.45, 2.75) is 30.8 Å². The topological polar surface area (TPSA) is 106 Å². The van der Waals surface area contributed by atoms with Crippen LogP contribution in [0.5, 0.6) is 0 Å². The molecule has 2 aromatic carbocycles. The van der Waals surface area contributed by atoms with E-state index < -0.39 is 10.0 Å². The fourth-order valence-corrected chi connectivity index (χ4v) is 6.32. The summed E-state index contributed by atoms with van der Waals surface area (Å²) in [7, 11) is -3.77. The van der Waals surface area contributed by atoms with Crippen molar-refractivity contribution in [2.75, 3.05) is 25.0 Å². The molecule has 0 spiro atoms. The van der Waals surface area contributed by atoms with E-state index in [0.717, 1.165) is 10.9 Å². The average molecular weight is 464 g/mol. The molecule has 2 atom stereocenters. The Kier molecular flexibility index (Phi) is 6.42. The molecule has 1 aliphatic rings. The number of carbonyl (C=O) groups is 1. The predicted octanol–water partition coefficient (Wildman–Crippen LogP) is 2.83. The third-order valence-corrected chi connectivity index (χ3v) is 7.86. The zero-order valence-corrected chi connectivity index (χ0v) is 19.3. The van der Waals surface area contributed by atoms with Crippen LogP contribution in [0.4, 0.5) is 5.69 Å². The van der Waals surface area contributed by atoms with Crippen LogP contribution in [-0.4, -0.2) is 60.2 Å². The second-order valence-electron chi connectivity index (χ2n) is 8.29. The van der Waals surface area contributed by atoms with Crippen molar-refractivity contribution >= 4 is 32.5 Å². The van der Waals surface area contributed by atoms with Gasteiger partial charge in [0.05, 0.1) is 34.3 Å². The van der Waals surface area contributed by atoms with Gasteiger partial charge >= 0.3 is 0 Å². The van der Waals surface area contributed by atoms with Crippen LogP contribution in [0.2, 0.25) is 0 Å². The normalized spacial score (nSPS) is 19.8. The lowest BCUT2D eigenvalue weighted by atomic mass is 10.1. The van der Waals surface area contributed by atoms with E-state index >= 15 is 0 Å². The maximum atomic E-state index is 13.3. The second-order valence-corrected chi connectivity index (χ2v) is 10.1. The Bertz CT molecular complexity index is 1320. The number of hydrogen-bond acceptors (Lipinski definition) is 6. The molecule has 1 saturated heterocycles. The minimum Gasteiger partial charge on any atom is -0.324 e. The highest BCUT2D eigenvalue weighted by Gasteiger charge is 2.38. The molecule has 8 nitrogen and oxygen atoms in total. The molecule has 1 aromatic heterocycles. The fourth-order valence-electron chi connectivity index (χ4n) is 4.47. The zero-order chi connectivity index (χ0) is 23.6. The Balaban J connectivity index is 1.45. The Morgan fingerprint density at radius 2 is 1.85 bits per heavy atom. The van der Waals surface area contributed by atoms with E-state index in [1.165, 1.54) is 16.4 Å². The maximum absolute atomic E-state index is 13.3. The average Bonchev–Trinajstić information content (AvgIpc) is 2.78. The van der Waals surface area contributed by atoms with Gasteiger partial charge in [-0.25, -0.2) is 8.42 Å². The van der Waals surface area contributed by atoms with Gasteiger partial charge in [0.25, 0.3) is 0 Å².